The van der Waals surface area contributed by atoms with Gasteiger partial charge in [0.05, 0.1) is 23.8 Å². The highest BCUT2D eigenvalue weighted by Crippen LogP contribution is 2.22. The Balaban J connectivity index is 1.48. The second-order valence-corrected chi connectivity index (χ2v) is 8.58. The Hall–Kier alpha value is -4.66. The minimum absolute atomic E-state index is 0.103. The lowest BCUT2D eigenvalue weighted by Crippen LogP contribution is -2.05. The number of carbonyl (C=O) groups is 1. The molecule has 0 atom stereocenters. The van der Waals surface area contributed by atoms with Gasteiger partial charge in [-0.1, -0.05) is 26.0 Å². The van der Waals surface area contributed by atoms with Crippen molar-refractivity contribution >= 4 is 46.1 Å². The first-order valence-corrected chi connectivity index (χ1v) is 11.6. The molecule has 3 aromatic heterocycles. The van der Waals surface area contributed by atoms with Crippen molar-refractivity contribution in [1.29, 1.82) is 0 Å². The molecule has 0 aliphatic rings. The van der Waals surface area contributed by atoms with Crippen molar-refractivity contribution in [3.63, 3.8) is 0 Å². The second-order valence-electron chi connectivity index (χ2n) is 8.58. The number of nitrogens with two attached hydrogens (primary N) is 1. The molecule has 4 aromatic rings. The van der Waals surface area contributed by atoms with E-state index in [0.29, 0.717) is 29.6 Å². The average Bonchev–Trinajstić information content (AvgIpc) is 2.87. The van der Waals surface area contributed by atoms with E-state index in [9.17, 15) is 4.79 Å². The zero-order chi connectivity index (χ0) is 25.5. The quantitative estimate of drug-likeness (QED) is 0.308. The summed E-state index contributed by atoms with van der Waals surface area (Å²) in [4.78, 5) is 24.9. The van der Waals surface area contributed by atoms with E-state index in [1.54, 1.807) is 18.6 Å². The Morgan fingerprint density at radius 1 is 1.06 bits per heavy atom. The molecule has 1 aromatic carbocycles. The molecule has 0 aliphatic carbocycles. The molecule has 4 N–H and O–H groups in total. The molecule has 1 amide bonds. The molecule has 0 fully saturated rings. The molecule has 0 aliphatic heterocycles. The lowest BCUT2D eigenvalue weighted by atomic mass is 10.1. The summed E-state index contributed by atoms with van der Waals surface area (Å²) in [6.07, 6.45) is 6.74. The fourth-order valence-corrected chi connectivity index (χ4v) is 3.48. The predicted molar refractivity (Wildman–Crippen MR) is 144 cm³/mol. The molecule has 4 rings (SSSR count). The van der Waals surface area contributed by atoms with E-state index < -0.39 is 0 Å². The number of anilines is 3. The van der Waals surface area contributed by atoms with Gasteiger partial charge in [0, 0.05) is 42.4 Å². The number of nitrogens with zero attached hydrogens (tertiary/aromatic N) is 5. The number of rotatable bonds is 8. The van der Waals surface area contributed by atoms with Crippen LogP contribution in [0.15, 0.2) is 72.1 Å². The number of aromatic nitrogens is 4. The minimum Gasteiger partial charge on any atom is -0.404 e. The smallest absolute Gasteiger partial charge is 0.221 e. The Labute approximate surface area is 209 Å². The minimum atomic E-state index is -0.103. The summed E-state index contributed by atoms with van der Waals surface area (Å²) in [5, 5.41) is 14.2. The molecule has 0 saturated carbocycles. The summed E-state index contributed by atoms with van der Waals surface area (Å²) in [6, 6.07) is 15.2. The van der Waals surface area contributed by atoms with Gasteiger partial charge in [0.2, 0.25) is 5.91 Å². The highest BCUT2D eigenvalue weighted by Gasteiger charge is 2.07. The molecule has 36 heavy (non-hydrogen) atoms. The molecular weight excluding hydrogens is 452 g/mol. The fourth-order valence-electron chi connectivity index (χ4n) is 3.48. The highest BCUT2D eigenvalue weighted by molar-refractivity contribution is 6.10. The monoisotopic (exact) mass is 480 g/mol. The molecule has 0 unspecified atom stereocenters. The first kappa shape index (κ1) is 24.5. The first-order valence-electron chi connectivity index (χ1n) is 11.6. The zero-order valence-corrected chi connectivity index (χ0v) is 20.4. The van der Waals surface area contributed by atoms with Crippen molar-refractivity contribution in [2.24, 2.45) is 10.7 Å². The number of pyridine rings is 2. The van der Waals surface area contributed by atoms with E-state index in [1.165, 1.54) is 13.1 Å². The van der Waals surface area contributed by atoms with Crippen molar-refractivity contribution in [2.45, 2.75) is 33.2 Å². The summed E-state index contributed by atoms with van der Waals surface area (Å²) in [5.74, 6) is 1.53. The van der Waals surface area contributed by atoms with Gasteiger partial charge in [-0.2, -0.15) is 5.10 Å². The van der Waals surface area contributed by atoms with Crippen LogP contribution in [-0.4, -0.2) is 32.3 Å². The topological polar surface area (TPSA) is 131 Å². The Morgan fingerprint density at radius 2 is 1.86 bits per heavy atom. The maximum absolute atomic E-state index is 11.2. The summed E-state index contributed by atoms with van der Waals surface area (Å²) in [6.45, 7) is 6.17. The van der Waals surface area contributed by atoms with Gasteiger partial charge >= 0.3 is 0 Å². The number of carbonyl (C=O) groups excluding carboxylic acids is 1. The van der Waals surface area contributed by atoms with Gasteiger partial charge in [-0.3, -0.25) is 14.8 Å². The average molecular weight is 481 g/mol. The van der Waals surface area contributed by atoms with E-state index >= 15 is 0 Å². The van der Waals surface area contributed by atoms with Crippen LogP contribution in [0.1, 0.15) is 43.4 Å². The van der Waals surface area contributed by atoms with Gasteiger partial charge in [-0.05, 0) is 53.4 Å². The van der Waals surface area contributed by atoms with Crippen molar-refractivity contribution in [2.75, 3.05) is 10.6 Å². The summed E-state index contributed by atoms with van der Waals surface area (Å²) >= 11 is 0. The number of aliphatic imine (C=N–C) groups is 1. The zero-order valence-electron chi connectivity index (χ0n) is 20.4. The molecule has 0 saturated heterocycles. The lowest BCUT2D eigenvalue weighted by Gasteiger charge is -2.09. The first-order chi connectivity index (χ1) is 17.4. The van der Waals surface area contributed by atoms with Gasteiger partial charge in [0.25, 0.3) is 0 Å². The predicted octanol–water partition coefficient (Wildman–Crippen LogP) is 4.82. The third-order valence-corrected chi connectivity index (χ3v) is 5.43. The lowest BCUT2D eigenvalue weighted by molar-refractivity contribution is -0.114. The fraction of sp³-hybridized carbons (Fsp3) is 0.185. The van der Waals surface area contributed by atoms with Crippen LogP contribution in [0.2, 0.25) is 0 Å². The number of allylic oxidation sites excluding steroid dienone is 1. The van der Waals surface area contributed by atoms with Crippen molar-refractivity contribution in [1.82, 2.24) is 20.2 Å². The third kappa shape index (κ3) is 6.26. The normalized spacial score (nSPS) is 11.8. The van der Waals surface area contributed by atoms with Gasteiger partial charge in [0.15, 0.2) is 5.82 Å². The van der Waals surface area contributed by atoms with Gasteiger partial charge < -0.3 is 16.4 Å². The number of benzene rings is 1. The summed E-state index contributed by atoms with van der Waals surface area (Å²) in [7, 11) is 0. The number of fused-ring (bicyclic) bond motifs is 1. The summed E-state index contributed by atoms with van der Waals surface area (Å²) in [5.41, 5.74) is 11.8. The standard InChI is InChI=1S/C27H28N8O/c1-17(2)20-11-27(35-31-16-20)34-26-9-8-24-25(33-26)10-21(15-30-24)22(12-28)14-29-13-19-4-6-23(7-5-19)32-18(3)36/h4-12,14-17H,13,28H2,1-3H3,(H,32,36)(H,33,34,35). The Kier molecular flexibility index (Phi) is 7.60. The van der Waals surface area contributed by atoms with E-state index in [0.717, 1.165) is 33.5 Å². The second kappa shape index (κ2) is 11.2. The molecule has 0 bridgehead atoms. The van der Waals surface area contributed by atoms with Crippen LogP contribution in [0.3, 0.4) is 0 Å². The SMILES string of the molecule is CC(=O)Nc1ccc(CN=CC(=CN)c2cnc3ccc(Nc4cc(C(C)C)cnn4)nc3c2)cc1. The van der Waals surface area contributed by atoms with Crippen LogP contribution in [0.4, 0.5) is 17.3 Å². The van der Waals surface area contributed by atoms with Crippen molar-refractivity contribution < 1.29 is 4.79 Å². The summed E-state index contributed by atoms with van der Waals surface area (Å²) < 4.78 is 0. The number of hydrogen-bond acceptors (Lipinski definition) is 8. The third-order valence-electron chi connectivity index (χ3n) is 5.43. The molecule has 0 spiro atoms. The van der Waals surface area contributed by atoms with E-state index in [2.05, 4.69) is 44.7 Å². The molecule has 0 radical (unpaired) electrons. The van der Waals surface area contributed by atoms with Gasteiger partial charge in [0.1, 0.15) is 5.82 Å². The largest absolute Gasteiger partial charge is 0.404 e. The number of nitrogens with one attached hydrogen (secondary N) is 2. The highest BCUT2D eigenvalue weighted by atomic mass is 16.1. The van der Waals surface area contributed by atoms with Crippen LogP contribution in [0.25, 0.3) is 16.6 Å². The van der Waals surface area contributed by atoms with E-state index in [4.69, 9.17) is 10.7 Å². The number of hydrogen-bond donors (Lipinski definition) is 3. The van der Waals surface area contributed by atoms with Crippen molar-refractivity contribution in [3.05, 3.63) is 83.8 Å². The Morgan fingerprint density at radius 3 is 2.58 bits per heavy atom. The number of amides is 1. The molecule has 9 heteroatoms. The van der Waals surface area contributed by atoms with Crippen molar-refractivity contribution in [3.8, 4) is 0 Å². The van der Waals surface area contributed by atoms with E-state index in [1.807, 2.05) is 48.5 Å². The Bertz CT molecular complexity index is 1430. The van der Waals surface area contributed by atoms with Crippen LogP contribution in [0.5, 0.6) is 0 Å². The van der Waals surface area contributed by atoms with Crippen LogP contribution < -0.4 is 16.4 Å². The van der Waals surface area contributed by atoms with Crippen LogP contribution in [-0.2, 0) is 11.3 Å². The molecule has 3 heterocycles. The molecular formula is C27H28N8O. The van der Waals surface area contributed by atoms with Gasteiger partial charge in [-0.15, -0.1) is 5.10 Å². The maximum atomic E-state index is 11.2. The van der Waals surface area contributed by atoms with E-state index in [-0.39, 0.29) is 5.91 Å². The van der Waals surface area contributed by atoms with Crippen LogP contribution in [0, 0.1) is 0 Å². The molecule has 182 valence electrons. The maximum Gasteiger partial charge on any atom is 0.221 e. The van der Waals surface area contributed by atoms with Gasteiger partial charge in [-0.25, -0.2) is 4.98 Å². The van der Waals surface area contributed by atoms with Crippen LogP contribution >= 0.6 is 0 Å². The molecule has 9 nitrogen and oxygen atoms in total.